The van der Waals surface area contributed by atoms with E-state index in [1.165, 1.54) is 10.6 Å². The van der Waals surface area contributed by atoms with Gasteiger partial charge in [0.25, 0.3) is 5.91 Å². The molecule has 0 radical (unpaired) electrons. The van der Waals surface area contributed by atoms with E-state index in [-0.39, 0.29) is 12.5 Å². The Balaban J connectivity index is 2.20. The zero-order chi connectivity index (χ0) is 14.7. The lowest BCUT2D eigenvalue weighted by Crippen LogP contribution is -2.31. The van der Waals surface area contributed by atoms with Crippen LogP contribution in [-0.2, 0) is 7.05 Å². The van der Waals surface area contributed by atoms with Gasteiger partial charge >= 0.3 is 0 Å². The van der Waals surface area contributed by atoms with Gasteiger partial charge in [0.1, 0.15) is 10.8 Å². The average Bonchev–Trinajstić information content (AvgIpc) is 2.73. The Kier molecular flexibility index (Phi) is 4.70. The molecule has 0 aliphatic carbocycles. The molecule has 1 aromatic heterocycles. The maximum atomic E-state index is 12.2. The molecule has 1 heterocycles. The van der Waals surface area contributed by atoms with Crippen molar-refractivity contribution in [2.24, 2.45) is 7.05 Å². The lowest BCUT2D eigenvalue weighted by Gasteiger charge is -2.17. The predicted molar refractivity (Wildman–Crippen MR) is 79.2 cm³/mol. The van der Waals surface area contributed by atoms with Gasteiger partial charge in [0.15, 0.2) is 0 Å². The number of nitrogens with one attached hydrogen (secondary N) is 1. The third kappa shape index (κ3) is 2.98. The molecule has 1 atom stereocenters. The Labute approximate surface area is 126 Å². The van der Waals surface area contributed by atoms with E-state index in [2.05, 4.69) is 5.32 Å². The lowest BCUT2D eigenvalue weighted by molar-refractivity contribution is 0.0908. The number of aliphatic hydroxyl groups excluding tert-OH is 1. The summed E-state index contributed by atoms with van der Waals surface area (Å²) in [6.45, 7) is -0.193. The molecule has 0 aliphatic rings. The molecule has 0 aliphatic heterocycles. The topological polar surface area (TPSA) is 54.3 Å². The number of aliphatic hydroxyl groups is 1. The third-order valence-electron chi connectivity index (χ3n) is 3.04. The van der Waals surface area contributed by atoms with Crippen LogP contribution in [0.25, 0.3) is 0 Å². The van der Waals surface area contributed by atoms with Crippen LogP contribution in [0.1, 0.15) is 22.1 Å². The van der Waals surface area contributed by atoms with Crippen molar-refractivity contribution in [2.75, 3.05) is 6.61 Å². The van der Waals surface area contributed by atoms with Crippen molar-refractivity contribution in [2.45, 2.75) is 6.04 Å². The summed E-state index contributed by atoms with van der Waals surface area (Å²) in [5, 5.41) is 12.8. The van der Waals surface area contributed by atoms with Crippen molar-refractivity contribution in [3.8, 4) is 0 Å². The molecule has 0 bridgehead atoms. The van der Waals surface area contributed by atoms with E-state index in [4.69, 9.17) is 23.2 Å². The van der Waals surface area contributed by atoms with Gasteiger partial charge in [-0.05, 0) is 11.6 Å². The largest absolute Gasteiger partial charge is 0.394 e. The molecule has 2 N–H and O–H groups in total. The highest BCUT2D eigenvalue weighted by molar-refractivity contribution is 6.41. The van der Waals surface area contributed by atoms with Crippen molar-refractivity contribution in [1.82, 2.24) is 9.88 Å². The first kappa shape index (κ1) is 14.9. The molecule has 0 fully saturated rings. The van der Waals surface area contributed by atoms with E-state index in [0.717, 1.165) is 5.56 Å². The lowest BCUT2D eigenvalue weighted by atomic mass is 10.1. The van der Waals surface area contributed by atoms with Crippen LogP contribution in [0.15, 0.2) is 36.4 Å². The van der Waals surface area contributed by atoms with Crippen LogP contribution in [0, 0.1) is 0 Å². The zero-order valence-corrected chi connectivity index (χ0v) is 12.3. The number of hydrogen-bond donors (Lipinski definition) is 2. The maximum absolute atomic E-state index is 12.2. The molecule has 2 rings (SSSR count). The predicted octanol–water partition coefficient (Wildman–Crippen LogP) is 2.80. The molecular formula is C14H14Cl2N2O2. The van der Waals surface area contributed by atoms with Gasteiger partial charge in [-0.3, -0.25) is 4.79 Å². The minimum Gasteiger partial charge on any atom is -0.394 e. The second kappa shape index (κ2) is 6.31. The summed E-state index contributed by atoms with van der Waals surface area (Å²) in [7, 11) is 1.65. The van der Waals surface area contributed by atoms with Crippen molar-refractivity contribution in [3.63, 3.8) is 0 Å². The molecule has 0 spiro atoms. The van der Waals surface area contributed by atoms with Gasteiger partial charge in [-0.2, -0.15) is 0 Å². The monoisotopic (exact) mass is 312 g/mol. The molecule has 0 saturated heterocycles. The summed E-state index contributed by atoms with van der Waals surface area (Å²) >= 11 is 11.8. The van der Waals surface area contributed by atoms with Gasteiger partial charge in [0.2, 0.25) is 0 Å². The highest BCUT2D eigenvalue weighted by Crippen LogP contribution is 2.25. The van der Waals surface area contributed by atoms with E-state index in [9.17, 15) is 9.90 Å². The molecule has 1 amide bonds. The van der Waals surface area contributed by atoms with Crippen LogP contribution >= 0.6 is 23.2 Å². The van der Waals surface area contributed by atoms with E-state index in [0.29, 0.717) is 15.9 Å². The molecular weight excluding hydrogens is 299 g/mol. The number of amides is 1. The van der Waals surface area contributed by atoms with Gasteiger partial charge < -0.3 is 15.0 Å². The van der Waals surface area contributed by atoms with Gasteiger partial charge in [-0.25, -0.2) is 0 Å². The van der Waals surface area contributed by atoms with Crippen LogP contribution in [0.5, 0.6) is 0 Å². The molecule has 2 aromatic rings. The number of benzene rings is 1. The van der Waals surface area contributed by atoms with E-state index in [1.807, 2.05) is 30.3 Å². The number of carbonyl (C=O) groups is 1. The number of hydrogen-bond acceptors (Lipinski definition) is 2. The average molecular weight is 313 g/mol. The molecule has 1 aromatic carbocycles. The first-order valence-corrected chi connectivity index (χ1v) is 6.77. The number of halogens is 2. The SMILES string of the molecule is Cn1c(C(=O)N[C@H](CO)c2ccccc2)cc(Cl)c1Cl. The fourth-order valence-corrected chi connectivity index (χ4v) is 2.29. The minimum atomic E-state index is -0.476. The first-order valence-electron chi connectivity index (χ1n) is 6.02. The third-order valence-corrected chi connectivity index (χ3v) is 3.88. The van der Waals surface area contributed by atoms with Crippen LogP contribution in [0.2, 0.25) is 10.2 Å². The Bertz CT molecular complexity index is 611. The van der Waals surface area contributed by atoms with Crippen molar-refractivity contribution in [1.29, 1.82) is 0 Å². The van der Waals surface area contributed by atoms with Crippen LogP contribution in [0.3, 0.4) is 0 Å². The Hall–Kier alpha value is -1.49. The second-order valence-electron chi connectivity index (χ2n) is 4.35. The standard InChI is InChI=1S/C14H14Cl2N2O2/c1-18-12(7-10(15)13(18)16)14(20)17-11(8-19)9-5-3-2-4-6-9/h2-7,11,19H,8H2,1H3,(H,17,20)/t11-/m1/s1. The number of aromatic nitrogens is 1. The van der Waals surface area contributed by atoms with E-state index >= 15 is 0 Å². The van der Waals surface area contributed by atoms with Crippen molar-refractivity contribution >= 4 is 29.1 Å². The van der Waals surface area contributed by atoms with Gasteiger partial charge in [-0.15, -0.1) is 0 Å². The Morgan fingerprint density at radius 1 is 1.35 bits per heavy atom. The normalized spacial score (nSPS) is 12.2. The highest BCUT2D eigenvalue weighted by atomic mass is 35.5. The highest BCUT2D eigenvalue weighted by Gasteiger charge is 2.19. The molecule has 0 saturated carbocycles. The summed E-state index contributed by atoms with van der Waals surface area (Å²) in [6, 6.07) is 10.3. The molecule has 0 unspecified atom stereocenters. The second-order valence-corrected chi connectivity index (χ2v) is 5.11. The number of carbonyl (C=O) groups excluding carboxylic acids is 1. The quantitative estimate of drug-likeness (QED) is 0.912. The summed E-state index contributed by atoms with van der Waals surface area (Å²) in [5.74, 6) is -0.343. The fourth-order valence-electron chi connectivity index (χ4n) is 1.91. The fraction of sp³-hybridized carbons (Fsp3) is 0.214. The van der Waals surface area contributed by atoms with Gasteiger partial charge in [-0.1, -0.05) is 53.5 Å². The summed E-state index contributed by atoms with van der Waals surface area (Å²) in [4.78, 5) is 12.2. The van der Waals surface area contributed by atoms with Crippen LogP contribution < -0.4 is 5.32 Å². The van der Waals surface area contributed by atoms with Crippen molar-refractivity contribution < 1.29 is 9.90 Å². The van der Waals surface area contributed by atoms with E-state index in [1.54, 1.807) is 7.05 Å². The summed E-state index contributed by atoms with van der Waals surface area (Å²) in [5.41, 5.74) is 1.17. The zero-order valence-electron chi connectivity index (χ0n) is 10.8. The summed E-state index contributed by atoms with van der Waals surface area (Å²) in [6.07, 6.45) is 0. The molecule has 106 valence electrons. The van der Waals surface area contributed by atoms with Gasteiger partial charge in [0.05, 0.1) is 17.7 Å². The van der Waals surface area contributed by atoms with E-state index < -0.39 is 6.04 Å². The number of rotatable bonds is 4. The number of nitrogens with zero attached hydrogens (tertiary/aromatic N) is 1. The van der Waals surface area contributed by atoms with Gasteiger partial charge in [0, 0.05) is 7.05 Å². The first-order chi connectivity index (χ1) is 9.54. The van der Waals surface area contributed by atoms with Crippen LogP contribution in [-0.4, -0.2) is 22.2 Å². The Morgan fingerprint density at radius 3 is 2.50 bits per heavy atom. The minimum absolute atomic E-state index is 0.193. The summed E-state index contributed by atoms with van der Waals surface area (Å²) < 4.78 is 1.50. The molecule has 20 heavy (non-hydrogen) atoms. The maximum Gasteiger partial charge on any atom is 0.268 e. The molecule has 6 heteroatoms. The van der Waals surface area contributed by atoms with Crippen molar-refractivity contribution in [3.05, 3.63) is 57.8 Å². The molecule has 4 nitrogen and oxygen atoms in total. The van der Waals surface area contributed by atoms with Crippen LogP contribution in [0.4, 0.5) is 0 Å². The Morgan fingerprint density at radius 2 is 2.00 bits per heavy atom. The smallest absolute Gasteiger partial charge is 0.268 e.